The molecule has 0 fully saturated rings. The molecule has 94 valence electrons. The zero-order chi connectivity index (χ0) is 13.0. The standard InChI is InChI=1S/C14H16N2O2/c1-10(15)12-8-7-11(9-16-12)18-14-6-4-3-5-13(14)17-2/h3-10H,15H2,1-2H3/t10-/m0/s1. The van der Waals surface area contributed by atoms with E-state index in [1.165, 1.54) is 0 Å². The largest absolute Gasteiger partial charge is 0.493 e. The molecule has 0 saturated heterocycles. The van der Waals surface area contributed by atoms with Gasteiger partial charge in [-0.15, -0.1) is 0 Å². The molecule has 1 aromatic heterocycles. The second-order valence-corrected chi connectivity index (χ2v) is 3.96. The Labute approximate surface area is 106 Å². The van der Waals surface area contributed by atoms with Crippen molar-refractivity contribution in [1.82, 2.24) is 4.98 Å². The summed E-state index contributed by atoms with van der Waals surface area (Å²) in [5.74, 6) is 2.01. The summed E-state index contributed by atoms with van der Waals surface area (Å²) >= 11 is 0. The molecule has 0 aliphatic carbocycles. The van der Waals surface area contributed by atoms with Gasteiger partial charge in [0, 0.05) is 6.04 Å². The van der Waals surface area contributed by atoms with E-state index >= 15 is 0 Å². The molecule has 0 aliphatic heterocycles. The van der Waals surface area contributed by atoms with Gasteiger partial charge >= 0.3 is 0 Å². The van der Waals surface area contributed by atoms with Gasteiger partial charge < -0.3 is 15.2 Å². The molecule has 0 unspecified atom stereocenters. The quantitative estimate of drug-likeness (QED) is 0.898. The molecule has 2 rings (SSSR count). The highest BCUT2D eigenvalue weighted by Gasteiger charge is 2.05. The van der Waals surface area contributed by atoms with Gasteiger partial charge in [-0.05, 0) is 31.2 Å². The Balaban J connectivity index is 2.18. The van der Waals surface area contributed by atoms with Crippen molar-refractivity contribution >= 4 is 0 Å². The van der Waals surface area contributed by atoms with E-state index in [9.17, 15) is 0 Å². The molecule has 0 amide bonds. The number of hydrogen-bond donors (Lipinski definition) is 1. The zero-order valence-electron chi connectivity index (χ0n) is 10.5. The number of para-hydroxylation sites is 2. The Hall–Kier alpha value is -2.07. The first-order chi connectivity index (χ1) is 8.70. The molecule has 1 atom stereocenters. The summed E-state index contributed by atoms with van der Waals surface area (Å²) in [5, 5.41) is 0. The lowest BCUT2D eigenvalue weighted by atomic mass is 10.2. The van der Waals surface area contributed by atoms with Crippen LogP contribution in [0.3, 0.4) is 0 Å². The number of aromatic nitrogens is 1. The van der Waals surface area contributed by atoms with Crippen LogP contribution in [0.15, 0.2) is 42.6 Å². The van der Waals surface area contributed by atoms with Gasteiger partial charge in [0.1, 0.15) is 5.75 Å². The molecule has 0 aliphatic rings. The minimum atomic E-state index is -0.0784. The maximum Gasteiger partial charge on any atom is 0.169 e. The van der Waals surface area contributed by atoms with Crippen molar-refractivity contribution in [2.45, 2.75) is 13.0 Å². The topological polar surface area (TPSA) is 57.4 Å². The van der Waals surface area contributed by atoms with Crippen molar-refractivity contribution in [2.24, 2.45) is 5.73 Å². The van der Waals surface area contributed by atoms with E-state index in [2.05, 4.69) is 4.98 Å². The Morgan fingerprint density at radius 2 is 1.83 bits per heavy atom. The number of ether oxygens (including phenoxy) is 2. The molecule has 0 saturated carbocycles. The minimum Gasteiger partial charge on any atom is -0.493 e. The van der Waals surface area contributed by atoms with Crippen molar-refractivity contribution < 1.29 is 9.47 Å². The van der Waals surface area contributed by atoms with Crippen LogP contribution in [0.25, 0.3) is 0 Å². The fourth-order valence-electron chi connectivity index (χ4n) is 1.55. The van der Waals surface area contributed by atoms with Gasteiger partial charge in [0.05, 0.1) is 19.0 Å². The van der Waals surface area contributed by atoms with Gasteiger partial charge in [-0.3, -0.25) is 4.98 Å². The summed E-state index contributed by atoms with van der Waals surface area (Å²) in [7, 11) is 1.61. The number of methoxy groups -OCH3 is 1. The second-order valence-electron chi connectivity index (χ2n) is 3.96. The number of rotatable bonds is 4. The Morgan fingerprint density at radius 1 is 1.11 bits per heavy atom. The van der Waals surface area contributed by atoms with Crippen LogP contribution in [0.1, 0.15) is 18.7 Å². The third kappa shape index (κ3) is 2.78. The molecule has 4 nitrogen and oxygen atoms in total. The Bertz CT molecular complexity index is 509. The fourth-order valence-corrected chi connectivity index (χ4v) is 1.55. The highest BCUT2D eigenvalue weighted by Crippen LogP contribution is 2.30. The highest BCUT2D eigenvalue weighted by atomic mass is 16.5. The van der Waals surface area contributed by atoms with Crippen molar-refractivity contribution in [3.8, 4) is 17.2 Å². The SMILES string of the molecule is COc1ccccc1Oc1ccc([C@H](C)N)nc1. The van der Waals surface area contributed by atoms with Gasteiger partial charge in [0.15, 0.2) is 11.5 Å². The smallest absolute Gasteiger partial charge is 0.169 e. The maximum absolute atomic E-state index is 5.74. The molecule has 0 radical (unpaired) electrons. The van der Waals surface area contributed by atoms with Crippen molar-refractivity contribution in [2.75, 3.05) is 7.11 Å². The normalized spacial score (nSPS) is 11.9. The van der Waals surface area contributed by atoms with Gasteiger partial charge in [-0.1, -0.05) is 12.1 Å². The highest BCUT2D eigenvalue weighted by molar-refractivity contribution is 5.42. The summed E-state index contributed by atoms with van der Waals surface area (Å²) in [4.78, 5) is 4.24. The zero-order valence-corrected chi connectivity index (χ0v) is 10.5. The van der Waals surface area contributed by atoms with Gasteiger partial charge in [-0.25, -0.2) is 0 Å². The summed E-state index contributed by atoms with van der Waals surface area (Å²) in [6.07, 6.45) is 1.66. The Morgan fingerprint density at radius 3 is 2.39 bits per heavy atom. The van der Waals surface area contributed by atoms with Crippen LogP contribution >= 0.6 is 0 Å². The van der Waals surface area contributed by atoms with Gasteiger partial charge in [0.25, 0.3) is 0 Å². The van der Waals surface area contributed by atoms with Crippen LogP contribution in [0.2, 0.25) is 0 Å². The summed E-state index contributed by atoms with van der Waals surface area (Å²) in [6, 6.07) is 11.1. The molecule has 4 heteroatoms. The lowest BCUT2D eigenvalue weighted by Gasteiger charge is -2.10. The van der Waals surface area contributed by atoms with E-state index < -0.39 is 0 Å². The predicted molar refractivity (Wildman–Crippen MR) is 69.9 cm³/mol. The first kappa shape index (κ1) is 12.4. The van der Waals surface area contributed by atoms with E-state index in [1.54, 1.807) is 13.3 Å². The fraction of sp³-hybridized carbons (Fsp3) is 0.214. The lowest BCUT2D eigenvalue weighted by Crippen LogP contribution is -2.06. The molecular formula is C14H16N2O2. The van der Waals surface area contributed by atoms with E-state index in [0.29, 0.717) is 17.2 Å². The first-order valence-corrected chi connectivity index (χ1v) is 5.73. The van der Waals surface area contributed by atoms with Crippen LogP contribution in [0.5, 0.6) is 17.2 Å². The third-order valence-electron chi connectivity index (χ3n) is 2.52. The molecule has 18 heavy (non-hydrogen) atoms. The van der Waals surface area contributed by atoms with Crippen LogP contribution in [-0.2, 0) is 0 Å². The molecule has 0 spiro atoms. The Kier molecular flexibility index (Phi) is 3.79. The number of benzene rings is 1. The van der Waals surface area contributed by atoms with E-state index in [1.807, 2.05) is 43.3 Å². The number of pyridine rings is 1. The maximum atomic E-state index is 5.74. The van der Waals surface area contributed by atoms with Gasteiger partial charge in [0.2, 0.25) is 0 Å². The number of hydrogen-bond acceptors (Lipinski definition) is 4. The van der Waals surface area contributed by atoms with Crippen molar-refractivity contribution in [3.05, 3.63) is 48.3 Å². The second kappa shape index (κ2) is 5.51. The summed E-state index contributed by atoms with van der Waals surface area (Å²) in [6.45, 7) is 1.89. The van der Waals surface area contributed by atoms with Crippen LogP contribution < -0.4 is 15.2 Å². The van der Waals surface area contributed by atoms with Gasteiger partial charge in [-0.2, -0.15) is 0 Å². The van der Waals surface area contributed by atoms with Crippen LogP contribution in [-0.4, -0.2) is 12.1 Å². The summed E-state index contributed by atoms with van der Waals surface area (Å²) in [5.41, 5.74) is 6.57. The number of nitrogens with zero attached hydrogens (tertiary/aromatic N) is 1. The van der Waals surface area contributed by atoms with Crippen LogP contribution in [0, 0.1) is 0 Å². The minimum absolute atomic E-state index is 0.0784. The number of nitrogens with two attached hydrogens (primary N) is 1. The molecule has 1 aromatic carbocycles. The predicted octanol–water partition coefficient (Wildman–Crippen LogP) is 2.90. The summed E-state index contributed by atoms with van der Waals surface area (Å²) < 4.78 is 10.9. The third-order valence-corrected chi connectivity index (χ3v) is 2.52. The lowest BCUT2D eigenvalue weighted by molar-refractivity contribution is 0.378. The first-order valence-electron chi connectivity index (χ1n) is 5.73. The van der Waals surface area contributed by atoms with Crippen LogP contribution in [0.4, 0.5) is 0 Å². The molecule has 1 heterocycles. The molecule has 0 bridgehead atoms. The monoisotopic (exact) mass is 244 g/mol. The van der Waals surface area contributed by atoms with E-state index in [4.69, 9.17) is 15.2 Å². The van der Waals surface area contributed by atoms with Crippen molar-refractivity contribution in [3.63, 3.8) is 0 Å². The average molecular weight is 244 g/mol. The van der Waals surface area contributed by atoms with E-state index in [0.717, 1.165) is 5.69 Å². The average Bonchev–Trinajstić information content (AvgIpc) is 2.40. The molecule has 2 aromatic rings. The molecule has 2 N–H and O–H groups in total. The molecular weight excluding hydrogens is 228 g/mol. The van der Waals surface area contributed by atoms with E-state index in [-0.39, 0.29) is 6.04 Å². The van der Waals surface area contributed by atoms with Crippen molar-refractivity contribution in [1.29, 1.82) is 0 Å².